The van der Waals surface area contributed by atoms with Gasteiger partial charge in [0, 0.05) is 11.6 Å². The monoisotopic (exact) mass is 292 g/mol. The van der Waals surface area contributed by atoms with Gasteiger partial charge in [-0.1, -0.05) is 15.9 Å². The summed E-state index contributed by atoms with van der Waals surface area (Å²) in [6, 6.07) is 0.252. The van der Waals surface area contributed by atoms with Gasteiger partial charge in [-0.05, 0) is 6.07 Å². The van der Waals surface area contributed by atoms with Gasteiger partial charge in [-0.3, -0.25) is 0 Å². The molecule has 15 heavy (non-hydrogen) atoms. The minimum absolute atomic E-state index is 0.0741. The van der Waals surface area contributed by atoms with Crippen LogP contribution in [0.25, 0.3) is 0 Å². The lowest BCUT2D eigenvalue weighted by Gasteiger charge is -2.15. The molecule has 0 amide bonds. The number of hydrogen-bond donors (Lipinski definition) is 0. The van der Waals surface area contributed by atoms with Gasteiger partial charge < -0.3 is 0 Å². The Hall–Kier alpha value is -0.720. The fourth-order valence-corrected chi connectivity index (χ4v) is 1.26. The number of halogens is 7. The van der Waals surface area contributed by atoms with Gasteiger partial charge in [0.05, 0.1) is 0 Å². The van der Waals surface area contributed by atoms with E-state index in [2.05, 4.69) is 15.9 Å². The van der Waals surface area contributed by atoms with Gasteiger partial charge in [0.2, 0.25) is 0 Å². The average molecular weight is 293 g/mol. The Labute approximate surface area is 89.0 Å². The molecule has 0 aliphatic rings. The van der Waals surface area contributed by atoms with Crippen LogP contribution in [0.15, 0.2) is 12.1 Å². The predicted molar refractivity (Wildman–Crippen MR) is 44.0 cm³/mol. The molecule has 0 radical (unpaired) electrons. The Kier molecular flexibility index (Phi) is 3.32. The first-order chi connectivity index (χ1) is 6.73. The van der Waals surface area contributed by atoms with Crippen molar-refractivity contribution < 1.29 is 26.3 Å². The number of alkyl halides is 4. The average Bonchev–Trinajstić information content (AvgIpc) is 2.08. The van der Waals surface area contributed by atoms with Crippen molar-refractivity contribution in [3.05, 3.63) is 35.1 Å². The van der Waals surface area contributed by atoms with Gasteiger partial charge in [-0.25, -0.2) is 13.2 Å². The summed E-state index contributed by atoms with van der Waals surface area (Å²) in [5.41, 5.74) is -0.985. The van der Waals surface area contributed by atoms with E-state index < -0.39 is 34.0 Å². The van der Waals surface area contributed by atoms with Crippen molar-refractivity contribution in [2.45, 2.75) is 11.0 Å². The molecule has 0 spiro atoms. The minimum atomic E-state index is -4.77. The maximum absolute atomic E-state index is 12.9. The predicted octanol–water partition coefficient (Wildman–Crippen LogP) is 4.10. The van der Waals surface area contributed by atoms with Gasteiger partial charge in [-0.2, -0.15) is 13.2 Å². The lowest BCUT2D eigenvalue weighted by Crippen LogP contribution is -2.17. The number of hydrogen-bond acceptors (Lipinski definition) is 0. The van der Waals surface area contributed by atoms with E-state index in [-0.39, 0.29) is 12.1 Å². The fraction of sp³-hybridized carbons (Fsp3) is 0.250. The van der Waals surface area contributed by atoms with Crippen LogP contribution in [0.4, 0.5) is 26.3 Å². The summed E-state index contributed by atoms with van der Waals surface area (Å²) in [6.07, 6.45) is -4.77. The molecule has 0 aromatic heterocycles. The van der Waals surface area contributed by atoms with Gasteiger partial charge >= 0.3 is 6.18 Å². The van der Waals surface area contributed by atoms with Gasteiger partial charge in [0.15, 0.2) is 11.6 Å². The van der Waals surface area contributed by atoms with Crippen molar-refractivity contribution in [1.29, 1.82) is 0 Å². The Morgan fingerprint density at radius 1 is 0.933 bits per heavy atom. The standard InChI is InChI=1S/C8H3BrF6/c9-7(8(13,14)15)3-1-5(11)6(12)2-4(3)10/h1-2,7H. The van der Waals surface area contributed by atoms with E-state index in [9.17, 15) is 26.3 Å². The first kappa shape index (κ1) is 12.4. The highest BCUT2D eigenvalue weighted by molar-refractivity contribution is 9.09. The van der Waals surface area contributed by atoms with Crippen molar-refractivity contribution in [2.24, 2.45) is 0 Å². The minimum Gasteiger partial charge on any atom is -0.207 e. The van der Waals surface area contributed by atoms with Crippen LogP contribution in [0.1, 0.15) is 10.4 Å². The Morgan fingerprint density at radius 3 is 1.87 bits per heavy atom. The van der Waals surface area contributed by atoms with E-state index in [0.717, 1.165) is 0 Å². The molecule has 0 fully saturated rings. The highest BCUT2D eigenvalue weighted by Gasteiger charge is 2.40. The zero-order valence-electron chi connectivity index (χ0n) is 6.88. The summed E-state index contributed by atoms with van der Waals surface area (Å²) < 4.78 is 74.2. The molecule has 1 atom stereocenters. The van der Waals surface area contributed by atoms with E-state index in [1.165, 1.54) is 0 Å². The Balaban J connectivity index is 3.21. The van der Waals surface area contributed by atoms with Crippen molar-refractivity contribution in [1.82, 2.24) is 0 Å². The van der Waals surface area contributed by atoms with Crippen LogP contribution in [0, 0.1) is 17.5 Å². The lowest BCUT2D eigenvalue weighted by atomic mass is 10.1. The van der Waals surface area contributed by atoms with Crippen LogP contribution in [0.3, 0.4) is 0 Å². The lowest BCUT2D eigenvalue weighted by molar-refractivity contribution is -0.128. The summed E-state index contributed by atoms with van der Waals surface area (Å²) >= 11 is 2.16. The molecule has 1 rings (SSSR count). The molecule has 7 heteroatoms. The van der Waals surface area contributed by atoms with Crippen molar-refractivity contribution in [3.63, 3.8) is 0 Å². The molecule has 1 unspecified atom stereocenters. The highest BCUT2D eigenvalue weighted by Crippen LogP contribution is 2.40. The summed E-state index contributed by atoms with van der Waals surface area (Å²) in [4.78, 5) is -2.36. The van der Waals surface area contributed by atoms with Gasteiger partial charge in [0.25, 0.3) is 0 Å². The second-order valence-corrected chi connectivity index (χ2v) is 3.61. The maximum Gasteiger partial charge on any atom is 0.405 e. The van der Waals surface area contributed by atoms with Gasteiger partial charge in [-0.15, -0.1) is 0 Å². The molecule has 0 nitrogen and oxygen atoms in total. The molecular formula is C8H3BrF6. The van der Waals surface area contributed by atoms with E-state index >= 15 is 0 Å². The second kappa shape index (κ2) is 4.03. The SMILES string of the molecule is Fc1cc(F)c(C(Br)C(F)(F)F)cc1F. The van der Waals surface area contributed by atoms with E-state index in [1.807, 2.05) is 0 Å². The van der Waals surface area contributed by atoms with Crippen molar-refractivity contribution in [3.8, 4) is 0 Å². The molecule has 1 aromatic carbocycles. The summed E-state index contributed by atoms with van der Waals surface area (Å²) in [6.45, 7) is 0. The highest BCUT2D eigenvalue weighted by atomic mass is 79.9. The number of benzene rings is 1. The molecule has 0 heterocycles. The maximum atomic E-state index is 12.9. The molecule has 84 valence electrons. The molecular weight excluding hydrogens is 290 g/mol. The van der Waals surface area contributed by atoms with Crippen LogP contribution < -0.4 is 0 Å². The fourth-order valence-electron chi connectivity index (χ4n) is 0.908. The summed E-state index contributed by atoms with van der Waals surface area (Å²) in [5.74, 6) is -4.51. The molecule has 0 N–H and O–H groups in total. The third-order valence-electron chi connectivity index (χ3n) is 1.60. The summed E-state index contributed by atoms with van der Waals surface area (Å²) in [5, 5.41) is 0. The van der Waals surface area contributed by atoms with E-state index in [4.69, 9.17) is 0 Å². The first-order valence-corrected chi connectivity index (χ1v) is 4.50. The van der Waals surface area contributed by atoms with Crippen LogP contribution in [-0.4, -0.2) is 6.18 Å². The zero-order valence-corrected chi connectivity index (χ0v) is 8.46. The van der Waals surface area contributed by atoms with Crippen molar-refractivity contribution in [2.75, 3.05) is 0 Å². The molecule has 0 aliphatic carbocycles. The molecule has 0 aliphatic heterocycles. The quantitative estimate of drug-likeness (QED) is 0.415. The number of rotatable bonds is 1. The van der Waals surface area contributed by atoms with E-state index in [1.54, 1.807) is 0 Å². The second-order valence-electron chi connectivity index (χ2n) is 2.69. The Bertz CT molecular complexity index is 372. The molecule has 0 bridgehead atoms. The van der Waals surface area contributed by atoms with Crippen LogP contribution >= 0.6 is 15.9 Å². The summed E-state index contributed by atoms with van der Waals surface area (Å²) in [7, 11) is 0. The Morgan fingerprint density at radius 2 is 1.40 bits per heavy atom. The van der Waals surface area contributed by atoms with Crippen LogP contribution in [0.5, 0.6) is 0 Å². The molecule has 0 saturated carbocycles. The third kappa shape index (κ3) is 2.64. The normalized spacial score (nSPS) is 14.1. The smallest absolute Gasteiger partial charge is 0.207 e. The third-order valence-corrected chi connectivity index (χ3v) is 2.61. The topological polar surface area (TPSA) is 0 Å². The first-order valence-electron chi connectivity index (χ1n) is 3.58. The molecule has 0 saturated heterocycles. The van der Waals surface area contributed by atoms with Crippen molar-refractivity contribution >= 4 is 15.9 Å². The zero-order chi connectivity index (χ0) is 11.8. The van der Waals surface area contributed by atoms with Gasteiger partial charge in [0.1, 0.15) is 10.6 Å². The van der Waals surface area contributed by atoms with Crippen LogP contribution in [-0.2, 0) is 0 Å². The molecule has 1 aromatic rings. The van der Waals surface area contributed by atoms with E-state index in [0.29, 0.717) is 0 Å². The van der Waals surface area contributed by atoms with Crippen LogP contribution in [0.2, 0.25) is 0 Å². The largest absolute Gasteiger partial charge is 0.405 e.